The highest BCUT2D eigenvalue weighted by Crippen LogP contribution is 2.45. The van der Waals surface area contributed by atoms with E-state index in [1.807, 2.05) is 0 Å². The van der Waals surface area contributed by atoms with Gasteiger partial charge >= 0.3 is 0 Å². The summed E-state index contributed by atoms with van der Waals surface area (Å²) in [5.41, 5.74) is 13.0. The second kappa shape index (κ2) is 12.7. The molecule has 47 heavy (non-hydrogen) atoms. The molecule has 8 aromatic carbocycles. The Kier molecular flexibility index (Phi) is 7.63. The van der Waals surface area contributed by atoms with E-state index in [0.717, 1.165) is 17.1 Å². The van der Waals surface area contributed by atoms with Crippen molar-refractivity contribution in [2.45, 2.75) is 0 Å². The van der Waals surface area contributed by atoms with Gasteiger partial charge in [0.2, 0.25) is 0 Å². The van der Waals surface area contributed by atoms with Gasteiger partial charge in [0, 0.05) is 16.6 Å². The fourth-order valence-electron chi connectivity index (χ4n) is 6.60. The lowest BCUT2D eigenvalue weighted by molar-refractivity contribution is 1.30. The fourth-order valence-corrected chi connectivity index (χ4v) is 6.60. The van der Waals surface area contributed by atoms with E-state index in [2.05, 4.69) is 205 Å². The van der Waals surface area contributed by atoms with Gasteiger partial charge in [-0.1, -0.05) is 170 Å². The van der Waals surface area contributed by atoms with Crippen molar-refractivity contribution in [2.24, 2.45) is 0 Å². The standard InChI is InChI=1S/C46H33N/c1-4-15-34(16-5-1)35-27-30-40(31-28-35)47(45-26-14-22-37-21-10-11-25-43(37)45)46-32-29-39(33-44(46)38-19-8-3-9-20-38)42-24-13-12-23-41(42)36-17-6-2-7-18-36/h1-33H. The van der Waals surface area contributed by atoms with Gasteiger partial charge in [0.1, 0.15) is 0 Å². The summed E-state index contributed by atoms with van der Waals surface area (Å²) < 4.78 is 0. The van der Waals surface area contributed by atoms with Gasteiger partial charge in [-0.2, -0.15) is 0 Å². The molecular weight excluding hydrogens is 567 g/mol. The average Bonchev–Trinajstić information content (AvgIpc) is 3.16. The molecule has 0 aromatic heterocycles. The maximum absolute atomic E-state index is 2.42. The summed E-state index contributed by atoms with van der Waals surface area (Å²) in [5, 5.41) is 2.42. The molecule has 0 N–H and O–H groups in total. The lowest BCUT2D eigenvalue weighted by Crippen LogP contribution is -2.12. The second-order valence-electron chi connectivity index (χ2n) is 11.8. The van der Waals surface area contributed by atoms with E-state index in [1.54, 1.807) is 0 Å². The van der Waals surface area contributed by atoms with Crippen molar-refractivity contribution in [3.05, 3.63) is 200 Å². The molecule has 0 amide bonds. The minimum atomic E-state index is 1.11. The number of rotatable bonds is 7. The molecule has 0 saturated heterocycles. The smallest absolute Gasteiger partial charge is 0.0540 e. The highest BCUT2D eigenvalue weighted by Gasteiger charge is 2.20. The Labute approximate surface area is 276 Å². The summed E-state index contributed by atoms with van der Waals surface area (Å²) in [7, 11) is 0. The van der Waals surface area contributed by atoms with Crippen LogP contribution in [0.25, 0.3) is 55.3 Å². The van der Waals surface area contributed by atoms with Gasteiger partial charge < -0.3 is 4.90 Å². The largest absolute Gasteiger partial charge is 0.309 e. The third kappa shape index (κ3) is 5.60. The molecular formula is C46H33N. The molecule has 1 nitrogen and oxygen atoms in total. The third-order valence-corrected chi connectivity index (χ3v) is 8.89. The van der Waals surface area contributed by atoms with Crippen LogP contribution < -0.4 is 4.90 Å². The molecule has 0 radical (unpaired) electrons. The zero-order valence-corrected chi connectivity index (χ0v) is 26.0. The Hall–Kier alpha value is -6.18. The van der Waals surface area contributed by atoms with Gasteiger partial charge in [-0.15, -0.1) is 0 Å². The summed E-state index contributed by atoms with van der Waals surface area (Å²) in [6, 6.07) is 71.9. The number of fused-ring (bicyclic) bond motifs is 1. The van der Waals surface area contributed by atoms with Crippen LogP contribution >= 0.6 is 0 Å². The molecule has 0 aliphatic heterocycles. The normalized spacial score (nSPS) is 11.0. The Morgan fingerprint density at radius 3 is 1.45 bits per heavy atom. The van der Waals surface area contributed by atoms with Crippen molar-refractivity contribution in [1.82, 2.24) is 0 Å². The molecule has 0 heterocycles. The highest BCUT2D eigenvalue weighted by atomic mass is 15.1. The van der Waals surface area contributed by atoms with E-state index in [0.29, 0.717) is 0 Å². The van der Waals surface area contributed by atoms with Gasteiger partial charge in [-0.05, 0) is 74.7 Å². The number of hydrogen-bond acceptors (Lipinski definition) is 1. The highest BCUT2D eigenvalue weighted by molar-refractivity contribution is 6.02. The van der Waals surface area contributed by atoms with Crippen molar-refractivity contribution >= 4 is 27.8 Å². The first kappa shape index (κ1) is 28.3. The second-order valence-corrected chi connectivity index (χ2v) is 11.8. The van der Waals surface area contributed by atoms with E-state index in [-0.39, 0.29) is 0 Å². The van der Waals surface area contributed by atoms with Crippen molar-refractivity contribution in [3.63, 3.8) is 0 Å². The molecule has 222 valence electrons. The molecule has 0 aliphatic rings. The van der Waals surface area contributed by atoms with Crippen molar-refractivity contribution in [1.29, 1.82) is 0 Å². The zero-order chi connectivity index (χ0) is 31.4. The molecule has 8 rings (SSSR count). The Bertz CT molecular complexity index is 2270. The first-order chi connectivity index (χ1) is 23.3. The third-order valence-electron chi connectivity index (χ3n) is 8.89. The van der Waals surface area contributed by atoms with Gasteiger partial charge in [0.05, 0.1) is 11.4 Å². The monoisotopic (exact) mass is 599 g/mol. The number of benzene rings is 8. The van der Waals surface area contributed by atoms with Crippen LogP contribution in [0.15, 0.2) is 200 Å². The van der Waals surface area contributed by atoms with E-state index >= 15 is 0 Å². The molecule has 0 bridgehead atoms. The summed E-state index contributed by atoms with van der Waals surface area (Å²) in [5.74, 6) is 0. The lowest BCUT2D eigenvalue weighted by atomic mass is 9.91. The summed E-state index contributed by atoms with van der Waals surface area (Å²) in [6.45, 7) is 0. The first-order valence-electron chi connectivity index (χ1n) is 16.1. The van der Waals surface area contributed by atoms with Crippen molar-refractivity contribution < 1.29 is 0 Å². The average molecular weight is 600 g/mol. The first-order valence-corrected chi connectivity index (χ1v) is 16.1. The molecule has 8 aromatic rings. The van der Waals surface area contributed by atoms with Crippen LogP contribution in [-0.2, 0) is 0 Å². The van der Waals surface area contributed by atoms with Gasteiger partial charge in [0.15, 0.2) is 0 Å². The van der Waals surface area contributed by atoms with Crippen LogP contribution in [0, 0.1) is 0 Å². The molecule has 0 atom stereocenters. The summed E-state index contributed by atoms with van der Waals surface area (Å²) in [6.07, 6.45) is 0. The quantitative estimate of drug-likeness (QED) is 0.176. The Morgan fingerprint density at radius 2 is 0.766 bits per heavy atom. The molecule has 1 heteroatoms. The van der Waals surface area contributed by atoms with Gasteiger partial charge in [-0.3, -0.25) is 0 Å². The molecule has 0 saturated carbocycles. The minimum Gasteiger partial charge on any atom is -0.309 e. The predicted molar refractivity (Wildman–Crippen MR) is 200 cm³/mol. The molecule has 0 spiro atoms. The topological polar surface area (TPSA) is 3.24 Å². The van der Waals surface area contributed by atoms with Crippen LogP contribution in [-0.4, -0.2) is 0 Å². The van der Waals surface area contributed by atoms with Gasteiger partial charge in [0.25, 0.3) is 0 Å². The zero-order valence-electron chi connectivity index (χ0n) is 26.0. The van der Waals surface area contributed by atoms with Crippen LogP contribution in [0.1, 0.15) is 0 Å². The van der Waals surface area contributed by atoms with E-state index < -0.39 is 0 Å². The van der Waals surface area contributed by atoms with Crippen LogP contribution in [0.3, 0.4) is 0 Å². The SMILES string of the molecule is c1ccc(-c2ccc(N(c3ccc(-c4ccccc4-c4ccccc4)cc3-c3ccccc3)c3cccc4ccccc34)cc2)cc1. The molecule has 0 unspecified atom stereocenters. The number of anilines is 3. The number of hydrogen-bond donors (Lipinski definition) is 0. The summed E-state index contributed by atoms with van der Waals surface area (Å²) >= 11 is 0. The lowest BCUT2D eigenvalue weighted by Gasteiger charge is -2.30. The number of nitrogens with zero attached hydrogens (tertiary/aromatic N) is 1. The predicted octanol–water partition coefficient (Wildman–Crippen LogP) is 13.0. The van der Waals surface area contributed by atoms with Crippen LogP contribution in [0.2, 0.25) is 0 Å². The van der Waals surface area contributed by atoms with Crippen LogP contribution in [0.4, 0.5) is 17.1 Å². The summed E-state index contributed by atoms with van der Waals surface area (Å²) in [4.78, 5) is 2.42. The van der Waals surface area contributed by atoms with E-state index in [1.165, 1.54) is 55.3 Å². The maximum Gasteiger partial charge on any atom is 0.0540 e. The van der Waals surface area contributed by atoms with E-state index in [4.69, 9.17) is 0 Å². The van der Waals surface area contributed by atoms with Crippen LogP contribution in [0.5, 0.6) is 0 Å². The molecule has 0 aliphatic carbocycles. The minimum absolute atomic E-state index is 1.11. The fraction of sp³-hybridized carbons (Fsp3) is 0. The Balaban J connectivity index is 1.35. The van der Waals surface area contributed by atoms with E-state index in [9.17, 15) is 0 Å². The van der Waals surface area contributed by atoms with Gasteiger partial charge in [-0.25, -0.2) is 0 Å². The Morgan fingerprint density at radius 1 is 0.277 bits per heavy atom. The molecule has 0 fully saturated rings. The van der Waals surface area contributed by atoms with Crippen molar-refractivity contribution in [2.75, 3.05) is 4.90 Å². The maximum atomic E-state index is 2.42. The van der Waals surface area contributed by atoms with Crippen molar-refractivity contribution in [3.8, 4) is 44.5 Å².